The Labute approximate surface area is 105 Å². The number of rotatable bonds is 2. The molecule has 0 aliphatic carbocycles. The van der Waals surface area contributed by atoms with E-state index in [4.69, 9.17) is 10.9 Å². The SMILES string of the molecule is CC(C(=O)N1CCCC2C(=O)NCC21)C(N)=NO. The molecule has 2 saturated heterocycles. The molecule has 0 radical (unpaired) electrons. The zero-order valence-electron chi connectivity index (χ0n) is 10.3. The highest BCUT2D eigenvalue weighted by molar-refractivity contribution is 6.02. The van der Waals surface area contributed by atoms with E-state index in [0.29, 0.717) is 13.1 Å². The third kappa shape index (κ3) is 2.00. The summed E-state index contributed by atoms with van der Waals surface area (Å²) in [4.78, 5) is 25.6. The van der Waals surface area contributed by atoms with Gasteiger partial charge < -0.3 is 21.2 Å². The van der Waals surface area contributed by atoms with Crippen molar-refractivity contribution in [1.29, 1.82) is 0 Å². The number of hydrogen-bond donors (Lipinski definition) is 3. The van der Waals surface area contributed by atoms with Crippen LogP contribution in [0.25, 0.3) is 0 Å². The number of nitrogens with one attached hydrogen (secondary N) is 1. The molecule has 2 aliphatic heterocycles. The average molecular weight is 254 g/mol. The van der Waals surface area contributed by atoms with E-state index in [-0.39, 0.29) is 29.6 Å². The summed E-state index contributed by atoms with van der Waals surface area (Å²) in [6.07, 6.45) is 1.63. The molecule has 2 aliphatic rings. The standard InChI is InChI=1S/C11H18N4O3/c1-6(9(12)14-18)11(17)15-4-2-3-7-8(15)5-13-10(7)16/h6-8,18H,2-5H2,1H3,(H2,12,14)(H,13,16). The van der Waals surface area contributed by atoms with Crippen molar-refractivity contribution in [3.8, 4) is 0 Å². The van der Waals surface area contributed by atoms with Gasteiger partial charge in [-0.15, -0.1) is 0 Å². The second-order valence-corrected chi connectivity index (χ2v) is 4.84. The normalized spacial score (nSPS) is 29.7. The van der Waals surface area contributed by atoms with Gasteiger partial charge in [-0.3, -0.25) is 9.59 Å². The second-order valence-electron chi connectivity index (χ2n) is 4.84. The molecule has 0 spiro atoms. The third-order valence-electron chi connectivity index (χ3n) is 3.81. The predicted octanol–water partition coefficient (Wildman–Crippen LogP) is -0.894. The minimum atomic E-state index is -0.663. The smallest absolute Gasteiger partial charge is 0.233 e. The van der Waals surface area contributed by atoms with Crippen LogP contribution in [0.4, 0.5) is 0 Å². The van der Waals surface area contributed by atoms with Gasteiger partial charge in [-0.05, 0) is 19.8 Å². The van der Waals surface area contributed by atoms with Gasteiger partial charge in [0.2, 0.25) is 11.8 Å². The number of fused-ring (bicyclic) bond motifs is 1. The van der Waals surface area contributed by atoms with E-state index in [0.717, 1.165) is 12.8 Å². The van der Waals surface area contributed by atoms with Crippen LogP contribution in [0, 0.1) is 11.8 Å². The average Bonchev–Trinajstić information content (AvgIpc) is 2.78. The van der Waals surface area contributed by atoms with Gasteiger partial charge in [-0.2, -0.15) is 0 Å². The first-order valence-electron chi connectivity index (χ1n) is 6.12. The van der Waals surface area contributed by atoms with Crippen LogP contribution in [0.15, 0.2) is 5.16 Å². The predicted molar refractivity (Wildman–Crippen MR) is 63.8 cm³/mol. The summed E-state index contributed by atoms with van der Waals surface area (Å²) >= 11 is 0. The van der Waals surface area contributed by atoms with Gasteiger partial charge in [0, 0.05) is 13.1 Å². The fourth-order valence-electron chi connectivity index (χ4n) is 2.69. The van der Waals surface area contributed by atoms with Gasteiger partial charge in [0.25, 0.3) is 0 Å². The molecule has 7 heteroatoms. The Morgan fingerprint density at radius 3 is 3.06 bits per heavy atom. The zero-order chi connectivity index (χ0) is 13.3. The number of amides is 2. The first-order valence-corrected chi connectivity index (χ1v) is 6.12. The summed E-state index contributed by atoms with van der Waals surface area (Å²) < 4.78 is 0. The molecule has 0 aromatic carbocycles. The van der Waals surface area contributed by atoms with Gasteiger partial charge in [0.15, 0.2) is 5.84 Å². The third-order valence-corrected chi connectivity index (χ3v) is 3.81. The van der Waals surface area contributed by atoms with Crippen molar-refractivity contribution in [2.24, 2.45) is 22.7 Å². The monoisotopic (exact) mass is 254 g/mol. The van der Waals surface area contributed by atoms with Crippen LogP contribution >= 0.6 is 0 Å². The van der Waals surface area contributed by atoms with E-state index in [1.807, 2.05) is 0 Å². The number of oxime groups is 1. The number of amidine groups is 1. The Balaban J connectivity index is 2.13. The summed E-state index contributed by atoms with van der Waals surface area (Å²) in [5, 5.41) is 14.3. The molecule has 2 heterocycles. The molecule has 7 nitrogen and oxygen atoms in total. The zero-order valence-corrected chi connectivity index (χ0v) is 10.3. The maximum absolute atomic E-state index is 12.3. The van der Waals surface area contributed by atoms with E-state index >= 15 is 0 Å². The molecule has 18 heavy (non-hydrogen) atoms. The first-order chi connectivity index (χ1) is 8.56. The lowest BCUT2D eigenvalue weighted by Gasteiger charge is -2.37. The molecule has 2 rings (SSSR count). The highest BCUT2D eigenvalue weighted by Gasteiger charge is 2.43. The van der Waals surface area contributed by atoms with Crippen LogP contribution < -0.4 is 11.1 Å². The molecule has 4 N–H and O–H groups in total. The van der Waals surface area contributed by atoms with Crippen molar-refractivity contribution >= 4 is 17.6 Å². The van der Waals surface area contributed by atoms with Crippen molar-refractivity contribution in [2.75, 3.05) is 13.1 Å². The summed E-state index contributed by atoms with van der Waals surface area (Å²) in [7, 11) is 0. The Kier molecular flexibility index (Phi) is 3.40. The lowest BCUT2D eigenvalue weighted by atomic mass is 9.90. The van der Waals surface area contributed by atoms with Crippen LogP contribution in [0.2, 0.25) is 0 Å². The van der Waals surface area contributed by atoms with Gasteiger partial charge in [-0.25, -0.2) is 0 Å². The minimum Gasteiger partial charge on any atom is -0.409 e. The molecule has 3 unspecified atom stereocenters. The molecule has 3 atom stereocenters. The number of carbonyl (C=O) groups is 2. The van der Waals surface area contributed by atoms with Gasteiger partial charge in [-0.1, -0.05) is 5.16 Å². The maximum Gasteiger partial charge on any atom is 0.233 e. The van der Waals surface area contributed by atoms with Crippen molar-refractivity contribution < 1.29 is 14.8 Å². The van der Waals surface area contributed by atoms with E-state index in [2.05, 4.69) is 10.5 Å². The molecule has 0 saturated carbocycles. The summed E-state index contributed by atoms with van der Waals surface area (Å²) in [6, 6.07) is -0.0901. The summed E-state index contributed by atoms with van der Waals surface area (Å²) in [5.41, 5.74) is 5.46. The number of carbonyl (C=O) groups excluding carboxylic acids is 2. The molecule has 100 valence electrons. The van der Waals surface area contributed by atoms with Crippen molar-refractivity contribution in [1.82, 2.24) is 10.2 Å². The van der Waals surface area contributed by atoms with Crippen molar-refractivity contribution in [3.05, 3.63) is 0 Å². The molecular weight excluding hydrogens is 236 g/mol. The minimum absolute atomic E-state index is 0.0222. The highest BCUT2D eigenvalue weighted by Crippen LogP contribution is 2.28. The Morgan fingerprint density at radius 1 is 1.67 bits per heavy atom. The van der Waals surface area contributed by atoms with E-state index in [9.17, 15) is 9.59 Å². The molecular formula is C11H18N4O3. The fraction of sp³-hybridized carbons (Fsp3) is 0.727. The number of hydrogen-bond acceptors (Lipinski definition) is 4. The lowest BCUT2D eigenvalue weighted by Crippen LogP contribution is -2.52. The van der Waals surface area contributed by atoms with E-state index in [1.165, 1.54) is 0 Å². The molecule has 0 aromatic heterocycles. The van der Waals surface area contributed by atoms with Crippen LogP contribution in [-0.4, -0.2) is 46.9 Å². The molecule has 2 fully saturated rings. The van der Waals surface area contributed by atoms with Gasteiger partial charge in [0.1, 0.15) is 0 Å². The fourth-order valence-corrected chi connectivity index (χ4v) is 2.69. The first kappa shape index (κ1) is 12.7. The van der Waals surface area contributed by atoms with Crippen LogP contribution in [0.5, 0.6) is 0 Å². The second kappa shape index (κ2) is 4.83. The maximum atomic E-state index is 12.3. The van der Waals surface area contributed by atoms with Gasteiger partial charge in [0.05, 0.1) is 17.9 Å². The van der Waals surface area contributed by atoms with Crippen molar-refractivity contribution in [2.45, 2.75) is 25.8 Å². The Hall–Kier alpha value is -1.79. The molecule has 0 aromatic rings. The summed E-state index contributed by atoms with van der Waals surface area (Å²) in [6.45, 7) is 2.72. The van der Waals surface area contributed by atoms with Crippen LogP contribution in [0.1, 0.15) is 19.8 Å². The quantitative estimate of drug-likeness (QED) is 0.257. The van der Waals surface area contributed by atoms with Crippen LogP contribution in [-0.2, 0) is 9.59 Å². The number of nitrogens with zero attached hydrogens (tertiary/aromatic N) is 2. The van der Waals surface area contributed by atoms with Crippen LogP contribution in [0.3, 0.4) is 0 Å². The Bertz CT molecular complexity index is 396. The molecule has 2 amide bonds. The van der Waals surface area contributed by atoms with Crippen molar-refractivity contribution in [3.63, 3.8) is 0 Å². The largest absolute Gasteiger partial charge is 0.409 e. The number of likely N-dealkylation sites (tertiary alicyclic amines) is 1. The molecule has 0 bridgehead atoms. The summed E-state index contributed by atoms with van der Waals surface area (Å²) in [5.74, 6) is -1.03. The van der Waals surface area contributed by atoms with E-state index in [1.54, 1.807) is 11.8 Å². The Morgan fingerprint density at radius 2 is 2.39 bits per heavy atom. The van der Waals surface area contributed by atoms with Gasteiger partial charge >= 0.3 is 0 Å². The number of nitrogens with two attached hydrogens (primary N) is 1. The number of piperidine rings is 1. The topological polar surface area (TPSA) is 108 Å². The highest BCUT2D eigenvalue weighted by atomic mass is 16.4. The van der Waals surface area contributed by atoms with E-state index < -0.39 is 5.92 Å². The lowest BCUT2D eigenvalue weighted by molar-refractivity contribution is -0.138.